The Balaban J connectivity index is 1.42. The molecule has 2 fully saturated rings. The number of benzene rings is 1. The van der Waals surface area contributed by atoms with E-state index in [9.17, 15) is 15.2 Å². The number of para-hydroxylation sites is 1. The van der Waals surface area contributed by atoms with Gasteiger partial charge in [0, 0.05) is 29.6 Å². The maximum Gasteiger partial charge on any atom is 0.407 e. The van der Waals surface area contributed by atoms with Crippen LogP contribution in [0.1, 0.15) is 30.5 Å². The maximum absolute atomic E-state index is 11.5. The first-order valence-corrected chi connectivity index (χ1v) is 9.59. The number of nitriles is 1. The molecular formula is C21H19N5O3. The van der Waals surface area contributed by atoms with E-state index in [1.807, 2.05) is 25.3 Å². The molecule has 2 aromatic heterocycles. The molecule has 2 N–H and O–H groups in total. The number of nitrogens with one attached hydrogen (secondary N) is 1. The zero-order valence-corrected chi connectivity index (χ0v) is 15.8. The number of nitrogens with zero attached hydrogens (tertiary/aromatic N) is 4. The number of ether oxygens (including phenoxy) is 1. The third-order valence-electron chi connectivity index (χ3n) is 5.98. The van der Waals surface area contributed by atoms with Gasteiger partial charge < -0.3 is 14.8 Å². The van der Waals surface area contributed by atoms with Crippen molar-refractivity contribution in [2.24, 2.45) is 0 Å². The number of hydrogen-bond acceptors (Lipinski definition) is 5. The van der Waals surface area contributed by atoms with E-state index >= 15 is 0 Å². The molecule has 0 saturated carbocycles. The molecule has 5 rings (SSSR count). The van der Waals surface area contributed by atoms with E-state index < -0.39 is 6.09 Å². The molecule has 0 spiro atoms. The number of aryl methyl sites for hydroxylation is 1. The molecule has 4 heterocycles. The molecule has 0 radical (unpaired) electrons. The van der Waals surface area contributed by atoms with Crippen LogP contribution in [0.15, 0.2) is 30.6 Å². The molecule has 0 unspecified atom stereocenters. The van der Waals surface area contributed by atoms with Crippen LogP contribution < -0.4 is 4.74 Å². The van der Waals surface area contributed by atoms with Crippen LogP contribution in [-0.4, -0.2) is 49.2 Å². The van der Waals surface area contributed by atoms with Gasteiger partial charge >= 0.3 is 6.09 Å². The molecule has 2 aliphatic rings. The number of carboxylic acid groups (broad SMARTS) is 1. The second-order valence-corrected chi connectivity index (χ2v) is 7.57. The highest BCUT2D eigenvalue weighted by Gasteiger charge is 2.50. The number of aromatic amines is 1. The van der Waals surface area contributed by atoms with Gasteiger partial charge in [-0.25, -0.2) is 14.8 Å². The van der Waals surface area contributed by atoms with E-state index in [-0.39, 0.29) is 18.2 Å². The topological polar surface area (TPSA) is 115 Å². The second-order valence-electron chi connectivity index (χ2n) is 7.57. The number of carbonyl (C=O) groups is 1. The van der Waals surface area contributed by atoms with Crippen molar-refractivity contribution in [1.82, 2.24) is 19.9 Å². The van der Waals surface area contributed by atoms with Gasteiger partial charge in [-0.05, 0) is 25.8 Å². The first-order valence-electron chi connectivity index (χ1n) is 9.59. The standard InChI is InChI=1S/C21H19N5O3/c1-11-20(29-18-7-13-5-6-17(18)26(13)21(27)28)24-10-16(25-11)15-9-23-19-12(8-22)3-2-4-14(15)19/h2-4,9-10,13,17-18,23H,5-7H2,1H3,(H,27,28)/t13-,17+,18-/m0/s1. The van der Waals surface area contributed by atoms with Gasteiger partial charge in [-0.3, -0.25) is 4.90 Å². The van der Waals surface area contributed by atoms with Crippen LogP contribution >= 0.6 is 0 Å². The van der Waals surface area contributed by atoms with Gasteiger partial charge in [0.05, 0.1) is 29.0 Å². The molecule has 2 saturated heterocycles. The summed E-state index contributed by atoms with van der Waals surface area (Å²) in [7, 11) is 0. The summed E-state index contributed by atoms with van der Waals surface area (Å²) in [4.78, 5) is 25.3. The lowest BCUT2D eigenvalue weighted by Gasteiger charge is -2.23. The molecule has 0 aliphatic carbocycles. The second kappa shape index (κ2) is 6.48. The highest BCUT2D eigenvalue weighted by Crippen LogP contribution is 2.40. The van der Waals surface area contributed by atoms with Crippen molar-refractivity contribution >= 4 is 17.0 Å². The van der Waals surface area contributed by atoms with E-state index in [4.69, 9.17) is 4.74 Å². The minimum Gasteiger partial charge on any atom is -0.471 e. The lowest BCUT2D eigenvalue weighted by molar-refractivity contribution is 0.115. The van der Waals surface area contributed by atoms with Crippen molar-refractivity contribution in [2.45, 2.75) is 44.4 Å². The Bertz CT molecular complexity index is 1160. The van der Waals surface area contributed by atoms with E-state index in [0.29, 0.717) is 29.3 Å². The van der Waals surface area contributed by atoms with Gasteiger partial charge in [0.25, 0.3) is 0 Å². The third-order valence-corrected chi connectivity index (χ3v) is 5.98. The quantitative estimate of drug-likeness (QED) is 0.709. The number of amides is 1. The number of rotatable bonds is 3. The molecule has 3 atom stereocenters. The number of H-pyrrole nitrogens is 1. The Morgan fingerprint density at radius 1 is 1.41 bits per heavy atom. The molecule has 3 aromatic rings. The molecule has 1 aromatic carbocycles. The molecule has 29 heavy (non-hydrogen) atoms. The molecule has 2 bridgehead atoms. The monoisotopic (exact) mass is 389 g/mol. The Morgan fingerprint density at radius 2 is 2.28 bits per heavy atom. The summed E-state index contributed by atoms with van der Waals surface area (Å²) in [5, 5.41) is 19.6. The summed E-state index contributed by atoms with van der Waals surface area (Å²) in [6, 6.07) is 7.67. The lowest BCUT2D eigenvalue weighted by Crippen LogP contribution is -2.38. The highest BCUT2D eigenvalue weighted by molar-refractivity contribution is 5.97. The molecule has 146 valence electrons. The summed E-state index contributed by atoms with van der Waals surface area (Å²) < 4.78 is 6.09. The van der Waals surface area contributed by atoms with Crippen molar-refractivity contribution < 1.29 is 14.6 Å². The predicted octanol–water partition coefficient (Wildman–Crippen LogP) is 3.47. The number of hydrogen-bond donors (Lipinski definition) is 2. The van der Waals surface area contributed by atoms with Gasteiger partial charge in [-0.15, -0.1) is 0 Å². The number of fused-ring (bicyclic) bond motifs is 3. The van der Waals surface area contributed by atoms with E-state index in [1.165, 1.54) is 4.90 Å². The minimum absolute atomic E-state index is 0.0376. The van der Waals surface area contributed by atoms with E-state index in [0.717, 1.165) is 29.3 Å². The smallest absolute Gasteiger partial charge is 0.407 e. The van der Waals surface area contributed by atoms with Crippen molar-refractivity contribution in [2.75, 3.05) is 0 Å². The normalized spacial score (nSPS) is 22.8. The lowest BCUT2D eigenvalue weighted by atomic mass is 9.98. The van der Waals surface area contributed by atoms with Crippen LogP contribution in [0.3, 0.4) is 0 Å². The summed E-state index contributed by atoms with van der Waals surface area (Å²) in [5.74, 6) is 0.439. The Labute approximate surface area is 166 Å². The Hall–Kier alpha value is -3.60. The zero-order chi connectivity index (χ0) is 20.1. The fourth-order valence-electron chi connectivity index (χ4n) is 4.68. The maximum atomic E-state index is 11.5. The summed E-state index contributed by atoms with van der Waals surface area (Å²) >= 11 is 0. The highest BCUT2D eigenvalue weighted by atomic mass is 16.5. The van der Waals surface area contributed by atoms with E-state index in [2.05, 4.69) is 21.0 Å². The van der Waals surface area contributed by atoms with Crippen LogP contribution in [0.2, 0.25) is 0 Å². The molecule has 1 amide bonds. The largest absolute Gasteiger partial charge is 0.471 e. The predicted molar refractivity (Wildman–Crippen MR) is 104 cm³/mol. The van der Waals surface area contributed by atoms with Crippen molar-refractivity contribution in [3.05, 3.63) is 41.9 Å². The molecule has 8 heteroatoms. The first kappa shape index (κ1) is 17.5. The Morgan fingerprint density at radius 3 is 3.00 bits per heavy atom. The summed E-state index contributed by atoms with van der Waals surface area (Å²) in [6.45, 7) is 1.84. The number of aromatic nitrogens is 3. The van der Waals surface area contributed by atoms with Crippen molar-refractivity contribution in [3.8, 4) is 23.2 Å². The van der Waals surface area contributed by atoms with Crippen molar-refractivity contribution in [1.29, 1.82) is 5.26 Å². The third kappa shape index (κ3) is 2.70. The average molecular weight is 389 g/mol. The fourth-order valence-corrected chi connectivity index (χ4v) is 4.68. The van der Waals surface area contributed by atoms with Gasteiger partial charge in [0.2, 0.25) is 5.88 Å². The van der Waals surface area contributed by atoms with Crippen LogP contribution in [0.4, 0.5) is 4.79 Å². The van der Waals surface area contributed by atoms with Crippen molar-refractivity contribution in [3.63, 3.8) is 0 Å². The zero-order valence-electron chi connectivity index (χ0n) is 15.8. The Kier molecular flexibility index (Phi) is 3.91. The summed E-state index contributed by atoms with van der Waals surface area (Å²) in [5.41, 5.74) is 3.57. The van der Waals surface area contributed by atoms with Crippen LogP contribution in [-0.2, 0) is 0 Å². The molecule has 8 nitrogen and oxygen atoms in total. The average Bonchev–Trinajstić information content (AvgIpc) is 3.41. The summed E-state index contributed by atoms with van der Waals surface area (Å²) in [6.07, 6.45) is 4.84. The van der Waals surface area contributed by atoms with Crippen LogP contribution in [0.25, 0.3) is 22.2 Å². The van der Waals surface area contributed by atoms with Gasteiger partial charge in [-0.2, -0.15) is 5.26 Å². The van der Waals surface area contributed by atoms with Gasteiger partial charge in [0.15, 0.2) is 0 Å². The fraction of sp³-hybridized carbons (Fsp3) is 0.333. The van der Waals surface area contributed by atoms with Crippen LogP contribution in [0.5, 0.6) is 5.88 Å². The van der Waals surface area contributed by atoms with Gasteiger partial charge in [0.1, 0.15) is 17.9 Å². The molecule has 2 aliphatic heterocycles. The minimum atomic E-state index is -0.877. The first-order chi connectivity index (χ1) is 14.1. The van der Waals surface area contributed by atoms with E-state index in [1.54, 1.807) is 12.3 Å². The molecular weight excluding hydrogens is 370 g/mol. The SMILES string of the molecule is Cc1nc(-c2c[nH]c3c(C#N)cccc23)cnc1O[C@H]1C[C@@H]2CC[C@H]1N2C(=O)O. The van der Waals surface area contributed by atoms with Crippen LogP contribution in [0, 0.1) is 18.3 Å². The van der Waals surface area contributed by atoms with Gasteiger partial charge in [-0.1, -0.05) is 12.1 Å².